The molecule has 136 valence electrons. The highest BCUT2D eigenvalue weighted by atomic mass is 32.2. The van der Waals surface area contributed by atoms with Crippen molar-refractivity contribution in [3.05, 3.63) is 65.5 Å². The minimum atomic E-state index is -0.198. The molecule has 2 N–H and O–H groups in total. The van der Waals surface area contributed by atoms with E-state index in [2.05, 4.69) is 10.6 Å². The monoisotopic (exact) mass is 373 g/mol. The Morgan fingerprint density at radius 2 is 1.96 bits per heavy atom. The SMILES string of the molecule is O=C(NCCSCc1ccccc1F)c1ccc(N2CCNC2=O)cc1. The van der Waals surface area contributed by atoms with E-state index in [1.54, 1.807) is 53.1 Å². The van der Waals surface area contributed by atoms with E-state index in [-0.39, 0.29) is 17.8 Å². The van der Waals surface area contributed by atoms with Gasteiger partial charge in [0, 0.05) is 42.4 Å². The number of nitrogens with zero attached hydrogens (tertiary/aromatic N) is 1. The van der Waals surface area contributed by atoms with Crippen molar-refractivity contribution in [2.45, 2.75) is 5.75 Å². The summed E-state index contributed by atoms with van der Waals surface area (Å²) >= 11 is 1.57. The van der Waals surface area contributed by atoms with Crippen LogP contribution in [0.2, 0.25) is 0 Å². The Kier molecular flexibility index (Phi) is 6.12. The maximum absolute atomic E-state index is 13.5. The maximum Gasteiger partial charge on any atom is 0.321 e. The molecular formula is C19H20FN3O2S. The molecule has 1 saturated heterocycles. The van der Waals surface area contributed by atoms with Gasteiger partial charge in [-0.2, -0.15) is 11.8 Å². The molecule has 0 saturated carbocycles. The highest BCUT2D eigenvalue weighted by Gasteiger charge is 2.21. The number of carbonyl (C=O) groups is 2. The quantitative estimate of drug-likeness (QED) is 0.734. The molecule has 1 fully saturated rings. The van der Waals surface area contributed by atoms with Crippen LogP contribution in [-0.2, 0) is 5.75 Å². The smallest absolute Gasteiger partial charge is 0.321 e. The van der Waals surface area contributed by atoms with Gasteiger partial charge in [0.15, 0.2) is 0 Å². The lowest BCUT2D eigenvalue weighted by Gasteiger charge is -2.14. The van der Waals surface area contributed by atoms with Crippen LogP contribution in [0.4, 0.5) is 14.9 Å². The zero-order valence-electron chi connectivity index (χ0n) is 14.2. The highest BCUT2D eigenvalue weighted by Crippen LogP contribution is 2.17. The van der Waals surface area contributed by atoms with Gasteiger partial charge in [0.25, 0.3) is 5.91 Å². The van der Waals surface area contributed by atoms with E-state index in [0.717, 1.165) is 5.69 Å². The zero-order valence-corrected chi connectivity index (χ0v) is 15.0. The lowest BCUT2D eigenvalue weighted by atomic mass is 10.2. The Bertz CT molecular complexity index is 783. The van der Waals surface area contributed by atoms with Crippen molar-refractivity contribution < 1.29 is 14.0 Å². The van der Waals surface area contributed by atoms with Crippen LogP contribution in [0, 0.1) is 5.82 Å². The number of rotatable bonds is 7. The zero-order chi connectivity index (χ0) is 18.4. The number of anilines is 1. The molecule has 0 spiro atoms. The summed E-state index contributed by atoms with van der Waals surface area (Å²) in [6.45, 7) is 1.77. The minimum absolute atomic E-state index is 0.117. The summed E-state index contributed by atoms with van der Waals surface area (Å²) in [6.07, 6.45) is 0. The molecule has 26 heavy (non-hydrogen) atoms. The van der Waals surface area contributed by atoms with Crippen molar-refractivity contribution in [1.82, 2.24) is 10.6 Å². The van der Waals surface area contributed by atoms with E-state index in [1.807, 2.05) is 6.07 Å². The molecule has 7 heteroatoms. The third-order valence-electron chi connectivity index (χ3n) is 4.05. The summed E-state index contributed by atoms with van der Waals surface area (Å²) in [6, 6.07) is 13.6. The standard InChI is InChI=1S/C19H20FN3O2S/c20-17-4-2-1-3-15(17)13-26-12-10-21-18(24)14-5-7-16(8-6-14)23-11-9-22-19(23)25/h1-8H,9-13H2,(H,21,24)(H,22,25). The van der Waals surface area contributed by atoms with Crippen molar-refractivity contribution in [2.75, 3.05) is 30.3 Å². The van der Waals surface area contributed by atoms with Crippen LogP contribution in [-0.4, -0.2) is 37.3 Å². The molecule has 0 bridgehead atoms. The van der Waals surface area contributed by atoms with Gasteiger partial charge in [-0.25, -0.2) is 9.18 Å². The molecule has 0 radical (unpaired) electrons. The number of thioether (sulfide) groups is 1. The molecule has 5 nitrogen and oxygen atoms in total. The normalized spacial score (nSPS) is 13.6. The molecule has 2 aromatic carbocycles. The van der Waals surface area contributed by atoms with Crippen molar-refractivity contribution in [3.8, 4) is 0 Å². The third-order valence-corrected chi connectivity index (χ3v) is 5.05. The Labute approximate surface area is 156 Å². The molecular weight excluding hydrogens is 353 g/mol. The molecule has 0 unspecified atom stereocenters. The fourth-order valence-electron chi connectivity index (χ4n) is 2.65. The van der Waals surface area contributed by atoms with Gasteiger partial charge in [0.2, 0.25) is 0 Å². The Balaban J connectivity index is 1.42. The molecule has 0 atom stereocenters. The van der Waals surface area contributed by atoms with E-state index in [9.17, 15) is 14.0 Å². The molecule has 2 aromatic rings. The first-order chi connectivity index (χ1) is 12.6. The second kappa shape index (κ2) is 8.71. The fourth-order valence-corrected chi connectivity index (χ4v) is 3.49. The third kappa shape index (κ3) is 4.54. The van der Waals surface area contributed by atoms with E-state index < -0.39 is 0 Å². The van der Waals surface area contributed by atoms with Gasteiger partial charge in [0.1, 0.15) is 5.82 Å². The van der Waals surface area contributed by atoms with Gasteiger partial charge in [-0.15, -0.1) is 0 Å². The summed E-state index contributed by atoms with van der Waals surface area (Å²) in [5.41, 5.74) is 2.00. The van der Waals surface area contributed by atoms with E-state index in [1.165, 1.54) is 6.07 Å². The first-order valence-corrected chi connectivity index (χ1v) is 9.55. The Morgan fingerprint density at radius 3 is 2.65 bits per heavy atom. The van der Waals surface area contributed by atoms with Gasteiger partial charge < -0.3 is 10.6 Å². The van der Waals surface area contributed by atoms with Crippen LogP contribution in [0.1, 0.15) is 15.9 Å². The number of carbonyl (C=O) groups excluding carboxylic acids is 2. The van der Waals surface area contributed by atoms with Crippen molar-refractivity contribution >= 4 is 29.4 Å². The molecule has 0 aliphatic carbocycles. The van der Waals surface area contributed by atoms with Gasteiger partial charge >= 0.3 is 6.03 Å². The van der Waals surface area contributed by atoms with Gasteiger partial charge in [-0.3, -0.25) is 9.69 Å². The second-order valence-corrected chi connectivity index (χ2v) is 6.94. The Hall–Kier alpha value is -2.54. The van der Waals surface area contributed by atoms with Gasteiger partial charge in [-0.05, 0) is 35.9 Å². The summed E-state index contributed by atoms with van der Waals surface area (Å²) in [4.78, 5) is 25.4. The number of hydrogen-bond donors (Lipinski definition) is 2. The summed E-state index contributed by atoms with van der Waals surface area (Å²) in [5.74, 6) is 0.922. The van der Waals surface area contributed by atoms with Crippen LogP contribution in [0.25, 0.3) is 0 Å². The summed E-state index contributed by atoms with van der Waals surface area (Å²) < 4.78 is 13.5. The van der Waals surface area contributed by atoms with Crippen LogP contribution in [0.3, 0.4) is 0 Å². The number of urea groups is 1. The van der Waals surface area contributed by atoms with Gasteiger partial charge in [0.05, 0.1) is 0 Å². The number of halogens is 1. The van der Waals surface area contributed by atoms with Crippen LogP contribution in [0.5, 0.6) is 0 Å². The van der Waals surface area contributed by atoms with Crippen LogP contribution >= 0.6 is 11.8 Å². The molecule has 1 aliphatic heterocycles. The number of hydrogen-bond acceptors (Lipinski definition) is 3. The van der Waals surface area contributed by atoms with E-state index in [0.29, 0.717) is 42.3 Å². The topological polar surface area (TPSA) is 61.4 Å². The van der Waals surface area contributed by atoms with Gasteiger partial charge in [-0.1, -0.05) is 18.2 Å². The second-order valence-electron chi connectivity index (χ2n) is 5.83. The van der Waals surface area contributed by atoms with Crippen molar-refractivity contribution in [1.29, 1.82) is 0 Å². The average Bonchev–Trinajstić information content (AvgIpc) is 3.09. The number of amides is 3. The lowest BCUT2D eigenvalue weighted by molar-refractivity contribution is 0.0956. The largest absolute Gasteiger partial charge is 0.351 e. The molecule has 3 amide bonds. The van der Waals surface area contributed by atoms with E-state index >= 15 is 0 Å². The van der Waals surface area contributed by atoms with E-state index in [4.69, 9.17) is 0 Å². The minimum Gasteiger partial charge on any atom is -0.351 e. The number of benzene rings is 2. The fraction of sp³-hybridized carbons (Fsp3) is 0.263. The first-order valence-electron chi connectivity index (χ1n) is 8.40. The highest BCUT2D eigenvalue weighted by molar-refractivity contribution is 7.98. The molecule has 3 rings (SSSR count). The maximum atomic E-state index is 13.5. The predicted octanol–water partition coefficient (Wildman–Crippen LogP) is 3.02. The van der Waals surface area contributed by atoms with Crippen LogP contribution in [0.15, 0.2) is 48.5 Å². The lowest BCUT2D eigenvalue weighted by Crippen LogP contribution is -2.28. The summed E-state index contributed by atoms with van der Waals surface area (Å²) in [7, 11) is 0. The van der Waals surface area contributed by atoms with Crippen LogP contribution < -0.4 is 15.5 Å². The average molecular weight is 373 g/mol. The van der Waals surface area contributed by atoms with Crippen molar-refractivity contribution in [3.63, 3.8) is 0 Å². The molecule has 1 aliphatic rings. The summed E-state index contributed by atoms with van der Waals surface area (Å²) in [5, 5.41) is 5.59. The Morgan fingerprint density at radius 1 is 1.19 bits per heavy atom. The molecule has 1 heterocycles. The molecule has 0 aromatic heterocycles. The predicted molar refractivity (Wildman–Crippen MR) is 102 cm³/mol. The van der Waals surface area contributed by atoms with Crippen molar-refractivity contribution in [2.24, 2.45) is 0 Å². The number of nitrogens with one attached hydrogen (secondary N) is 2. The first kappa shape index (κ1) is 18.3.